The van der Waals surface area contributed by atoms with Gasteiger partial charge in [-0.3, -0.25) is 9.78 Å². The van der Waals surface area contributed by atoms with Crippen LogP contribution in [0.4, 0.5) is 0 Å². The summed E-state index contributed by atoms with van der Waals surface area (Å²) in [6, 6.07) is 17.4. The van der Waals surface area contributed by atoms with E-state index in [4.69, 9.17) is 9.15 Å². The van der Waals surface area contributed by atoms with Crippen molar-refractivity contribution in [1.82, 2.24) is 14.9 Å². The van der Waals surface area contributed by atoms with Gasteiger partial charge in [-0.15, -0.1) is 0 Å². The van der Waals surface area contributed by atoms with Crippen molar-refractivity contribution in [3.05, 3.63) is 90.4 Å². The fourth-order valence-electron chi connectivity index (χ4n) is 2.96. The van der Waals surface area contributed by atoms with Gasteiger partial charge >= 0.3 is 0 Å². The first kappa shape index (κ1) is 17.7. The lowest BCUT2D eigenvalue weighted by Gasteiger charge is -2.15. The Hall–Kier alpha value is -3.67. The average molecular weight is 373 g/mol. The number of benzene rings is 2. The van der Waals surface area contributed by atoms with Gasteiger partial charge in [0.05, 0.1) is 0 Å². The Morgan fingerprint density at radius 1 is 1.11 bits per heavy atom. The van der Waals surface area contributed by atoms with Crippen LogP contribution in [0.2, 0.25) is 0 Å². The molecule has 4 aromatic rings. The van der Waals surface area contributed by atoms with Crippen LogP contribution in [0.5, 0.6) is 5.75 Å². The van der Waals surface area contributed by atoms with Gasteiger partial charge in [-0.1, -0.05) is 42.5 Å². The van der Waals surface area contributed by atoms with Crippen molar-refractivity contribution in [3.63, 3.8) is 0 Å². The molecule has 4 rings (SSSR count). The number of carbonyl (C=O) groups excluding carboxylic acids is 1. The normalized spacial score (nSPS) is 10.8. The maximum absolute atomic E-state index is 12.6. The highest BCUT2D eigenvalue weighted by molar-refractivity contribution is 5.91. The van der Waals surface area contributed by atoms with Gasteiger partial charge in [0.1, 0.15) is 12.0 Å². The molecule has 0 saturated heterocycles. The van der Waals surface area contributed by atoms with Gasteiger partial charge in [0.2, 0.25) is 5.89 Å². The molecule has 28 heavy (non-hydrogen) atoms. The van der Waals surface area contributed by atoms with Crippen molar-refractivity contribution in [2.24, 2.45) is 0 Å². The summed E-state index contributed by atoms with van der Waals surface area (Å²) in [7, 11) is 1.74. The van der Waals surface area contributed by atoms with Gasteiger partial charge in [0.15, 0.2) is 12.3 Å². The highest BCUT2D eigenvalue weighted by atomic mass is 16.5. The fraction of sp³-hybridized carbons (Fsp3) is 0.136. The first-order valence-corrected chi connectivity index (χ1v) is 8.90. The molecule has 0 fully saturated rings. The quantitative estimate of drug-likeness (QED) is 0.509. The maximum Gasteiger partial charge on any atom is 0.275 e. The molecule has 6 nitrogen and oxygen atoms in total. The summed E-state index contributed by atoms with van der Waals surface area (Å²) in [4.78, 5) is 22.6. The highest BCUT2D eigenvalue weighted by Gasteiger charge is 2.17. The van der Waals surface area contributed by atoms with Crippen molar-refractivity contribution < 1.29 is 13.9 Å². The van der Waals surface area contributed by atoms with Crippen molar-refractivity contribution in [2.75, 3.05) is 7.05 Å². The van der Waals surface area contributed by atoms with E-state index in [0.717, 1.165) is 16.3 Å². The fourth-order valence-corrected chi connectivity index (χ4v) is 2.96. The van der Waals surface area contributed by atoms with Gasteiger partial charge in [0.25, 0.3) is 5.91 Å². The summed E-state index contributed by atoms with van der Waals surface area (Å²) < 4.78 is 11.3. The van der Waals surface area contributed by atoms with Crippen LogP contribution in [0, 0.1) is 0 Å². The van der Waals surface area contributed by atoms with E-state index in [2.05, 4.69) is 9.97 Å². The number of ether oxygens (including phenoxy) is 1. The number of fused-ring (bicyclic) bond motifs is 1. The third-order valence-electron chi connectivity index (χ3n) is 4.37. The van der Waals surface area contributed by atoms with E-state index < -0.39 is 0 Å². The Morgan fingerprint density at radius 3 is 2.82 bits per heavy atom. The number of oxazole rings is 1. The van der Waals surface area contributed by atoms with Crippen LogP contribution in [0.25, 0.3) is 10.8 Å². The topological polar surface area (TPSA) is 68.5 Å². The second kappa shape index (κ2) is 7.92. The molecule has 0 radical (unpaired) electrons. The molecule has 0 bridgehead atoms. The molecule has 140 valence electrons. The monoisotopic (exact) mass is 373 g/mol. The van der Waals surface area contributed by atoms with Gasteiger partial charge in [-0.25, -0.2) is 4.98 Å². The molecular weight excluding hydrogens is 354 g/mol. The van der Waals surface area contributed by atoms with Crippen molar-refractivity contribution >= 4 is 16.7 Å². The van der Waals surface area contributed by atoms with Crippen LogP contribution in [-0.2, 0) is 13.2 Å². The zero-order valence-corrected chi connectivity index (χ0v) is 15.4. The Balaban J connectivity index is 1.42. The molecule has 0 aliphatic carbocycles. The first-order chi connectivity index (χ1) is 13.7. The van der Waals surface area contributed by atoms with E-state index in [1.165, 1.54) is 6.26 Å². The minimum absolute atomic E-state index is 0.136. The number of hydrogen-bond acceptors (Lipinski definition) is 5. The summed E-state index contributed by atoms with van der Waals surface area (Å²) in [5.41, 5.74) is 1.31. The second-order valence-electron chi connectivity index (χ2n) is 6.41. The van der Waals surface area contributed by atoms with Gasteiger partial charge in [-0.2, -0.15) is 0 Å². The lowest BCUT2D eigenvalue weighted by Crippen LogP contribution is -2.26. The van der Waals surface area contributed by atoms with Crippen LogP contribution in [0.1, 0.15) is 21.9 Å². The number of rotatable bonds is 6. The molecule has 0 atom stereocenters. The predicted octanol–water partition coefficient (Wildman–Crippen LogP) is 4.07. The predicted molar refractivity (Wildman–Crippen MR) is 105 cm³/mol. The van der Waals surface area contributed by atoms with E-state index in [0.29, 0.717) is 18.2 Å². The third-order valence-corrected chi connectivity index (χ3v) is 4.37. The molecule has 6 heteroatoms. The van der Waals surface area contributed by atoms with Crippen LogP contribution < -0.4 is 4.74 Å². The van der Waals surface area contributed by atoms with Gasteiger partial charge in [-0.05, 0) is 17.7 Å². The summed E-state index contributed by atoms with van der Waals surface area (Å²) in [6.07, 6.45) is 4.88. The van der Waals surface area contributed by atoms with Crippen LogP contribution in [0.15, 0.2) is 77.7 Å². The molecular formula is C22H19N3O3. The third kappa shape index (κ3) is 3.86. The van der Waals surface area contributed by atoms with E-state index in [1.54, 1.807) is 24.3 Å². The smallest absolute Gasteiger partial charge is 0.275 e. The Kier molecular flexibility index (Phi) is 5.01. The molecule has 0 aliphatic rings. The van der Waals surface area contributed by atoms with E-state index >= 15 is 0 Å². The van der Waals surface area contributed by atoms with Crippen molar-refractivity contribution in [2.45, 2.75) is 13.2 Å². The number of nitrogens with zero attached hydrogens (tertiary/aromatic N) is 3. The number of hydrogen-bond donors (Lipinski definition) is 0. The number of aromatic nitrogens is 2. The standard InChI is InChI=1S/C22H19N3O3/c1-25(13-16-6-3-2-4-7-16)22(26)19-14-28-21(24-19)15-27-20-9-5-8-17-12-23-11-10-18(17)20/h2-12,14H,13,15H2,1H3. The molecule has 0 saturated carbocycles. The Bertz CT molecular complexity index is 1090. The summed E-state index contributed by atoms with van der Waals surface area (Å²) in [5, 5.41) is 1.95. The average Bonchev–Trinajstić information content (AvgIpc) is 3.21. The zero-order chi connectivity index (χ0) is 19.3. The minimum Gasteiger partial charge on any atom is -0.483 e. The number of amides is 1. The van der Waals surface area contributed by atoms with E-state index in [9.17, 15) is 4.79 Å². The molecule has 0 spiro atoms. The number of carbonyl (C=O) groups is 1. The lowest BCUT2D eigenvalue weighted by molar-refractivity contribution is 0.0779. The molecule has 2 aromatic carbocycles. The van der Waals surface area contributed by atoms with Crippen molar-refractivity contribution in [3.8, 4) is 5.75 Å². The molecule has 0 aliphatic heterocycles. The van der Waals surface area contributed by atoms with Crippen LogP contribution >= 0.6 is 0 Å². The molecule has 1 amide bonds. The molecule has 0 N–H and O–H groups in total. The van der Waals surface area contributed by atoms with E-state index in [1.807, 2.05) is 54.6 Å². The summed E-state index contributed by atoms with van der Waals surface area (Å²) in [6.45, 7) is 0.638. The van der Waals surface area contributed by atoms with Gasteiger partial charge < -0.3 is 14.1 Å². The Labute approximate surface area is 162 Å². The SMILES string of the molecule is CN(Cc1ccccc1)C(=O)c1coc(COc2cccc3cnccc23)n1. The van der Waals surface area contributed by atoms with E-state index in [-0.39, 0.29) is 18.2 Å². The van der Waals surface area contributed by atoms with Gasteiger partial charge in [0, 0.05) is 36.8 Å². The summed E-state index contributed by atoms with van der Waals surface area (Å²) in [5.74, 6) is 0.866. The van der Waals surface area contributed by atoms with Crippen LogP contribution in [-0.4, -0.2) is 27.8 Å². The summed E-state index contributed by atoms with van der Waals surface area (Å²) >= 11 is 0. The van der Waals surface area contributed by atoms with Crippen LogP contribution in [0.3, 0.4) is 0 Å². The maximum atomic E-state index is 12.6. The molecule has 2 aromatic heterocycles. The second-order valence-corrected chi connectivity index (χ2v) is 6.41. The molecule has 2 heterocycles. The number of pyridine rings is 1. The van der Waals surface area contributed by atoms with Crippen molar-refractivity contribution in [1.29, 1.82) is 0 Å². The Morgan fingerprint density at radius 2 is 1.96 bits per heavy atom. The first-order valence-electron chi connectivity index (χ1n) is 8.90. The highest BCUT2D eigenvalue weighted by Crippen LogP contribution is 2.25. The molecule has 0 unspecified atom stereocenters. The largest absolute Gasteiger partial charge is 0.483 e. The lowest BCUT2D eigenvalue weighted by atomic mass is 10.1. The minimum atomic E-state index is -0.199. The zero-order valence-electron chi connectivity index (χ0n) is 15.4.